The smallest absolute Gasteiger partial charge is 0.134 e. The fourth-order valence-corrected chi connectivity index (χ4v) is 5.33. The topological polar surface area (TPSA) is 41.6 Å². The number of benzene rings is 2. The van der Waals surface area contributed by atoms with Crippen LogP contribution in [0.25, 0.3) is 0 Å². The number of carbonyl (C=O) groups excluding carboxylic acids is 1. The minimum absolute atomic E-state index is 0.0554. The van der Waals surface area contributed by atoms with Gasteiger partial charge in [0.05, 0.1) is 12.2 Å². The molecule has 3 fully saturated rings. The number of rotatable bonds is 6. The third kappa shape index (κ3) is 4.30. The lowest BCUT2D eigenvalue weighted by molar-refractivity contribution is -0.116. The number of nitrogens with one attached hydrogen (secondary N) is 1. The maximum Gasteiger partial charge on any atom is 0.134 e. The van der Waals surface area contributed by atoms with Gasteiger partial charge in [-0.05, 0) is 55.9 Å². The number of carbonyl (C=O) groups is 1. The Balaban J connectivity index is 1.11. The fourth-order valence-electron chi connectivity index (χ4n) is 5.33. The van der Waals surface area contributed by atoms with Crippen molar-refractivity contribution in [2.75, 3.05) is 24.6 Å². The van der Waals surface area contributed by atoms with Gasteiger partial charge in [0.2, 0.25) is 0 Å². The van der Waals surface area contributed by atoms with Crippen LogP contribution in [-0.4, -0.2) is 43.2 Å². The molecule has 1 unspecified atom stereocenters. The molecule has 2 saturated heterocycles. The van der Waals surface area contributed by atoms with E-state index < -0.39 is 0 Å². The molecule has 0 radical (unpaired) electrons. The number of piperidine rings is 1. The minimum atomic E-state index is 0.0554. The largest absolute Gasteiger partial charge is 0.373 e. The average molecular weight is 405 g/mol. The van der Waals surface area contributed by atoms with Crippen LogP contribution in [0.15, 0.2) is 54.6 Å². The molecule has 2 heterocycles. The Labute approximate surface area is 179 Å². The van der Waals surface area contributed by atoms with Gasteiger partial charge in [-0.25, -0.2) is 0 Å². The van der Waals surface area contributed by atoms with Crippen molar-refractivity contribution in [2.24, 2.45) is 0 Å². The highest BCUT2D eigenvalue weighted by molar-refractivity contribution is 5.78. The summed E-state index contributed by atoms with van der Waals surface area (Å²) in [6, 6.07) is 20.5. The lowest BCUT2D eigenvalue weighted by Gasteiger charge is -2.39. The standard InChI is InChI=1S/C26H32N2O2/c1-19(29)15-20-7-9-23(10-8-20)28-13-11-26(12-14-28)17-22(18-30-26)27-25-16-24(25)21-5-3-2-4-6-21/h2-10,22,24-25,27H,11-18H2,1H3/t22?,24-,25+/m0/s1. The van der Waals surface area contributed by atoms with Crippen molar-refractivity contribution in [3.05, 3.63) is 65.7 Å². The SMILES string of the molecule is CC(=O)Cc1ccc(N2CCC3(CC2)CC(N[C@@H]2C[C@H]2c2ccccc2)CO3)cc1. The molecule has 4 nitrogen and oxygen atoms in total. The third-order valence-electron chi connectivity index (χ3n) is 7.11. The van der Waals surface area contributed by atoms with Crippen molar-refractivity contribution in [1.29, 1.82) is 0 Å². The molecule has 30 heavy (non-hydrogen) atoms. The molecule has 0 aromatic heterocycles. The van der Waals surface area contributed by atoms with Crippen LogP contribution in [0.4, 0.5) is 5.69 Å². The summed E-state index contributed by atoms with van der Waals surface area (Å²) in [6.07, 6.45) is 5.09. The second-order valence-electron chi connectivity index (χ2n) is 9.45. The first-order chi connectivity index (χ1) is 14.6. The number of anilines is 1. The molecule has 1 N–H and O–H groups in total. The van der Waals surface area contributed by atoms with Crippen LogP contribution >= 0.6 is 0 Å². The predicted octanol–water partition coefficient (Wildman–Crippen LogP) is 4.09. The van der Waals surface area contributed by atoms with E-state index in [2.05, 4.69) is 64.8 Å². The van der Waals surface area contributed by atoms with E-state index in [0.29, 0.717) is 24.4 Å². The summed E-state index contributed by atoms with van der Waals surface area (Å²) in [7, 11) is 0. The molecule has 1 saturated carbocycles. The normalized spacial score (nSPS) is 27.4. The van der Waals surface area contributed by atoms with Gasteiger partial charge in [-0.1, -0.05) is 42.5 Å². The Kier molecular flexibility index (Phi) is 5.38. The maximum absolute atomic E-state index is 11.3. The highest BCUT2D eigenvalue weighted by Crippen LogP contribution is 2.43. The fraction of sp³-hybridized carbons (Fsp3) is 0.500. The molecule has 5 rings (SSSR count). The summed E-state index contributed by atoms with van der Waals surface area (Å²) >= 11 is 0. The quantitative estimate of drug-likeness (QED) is 0.787. The Morgan fingerprint density at radius 2 is 1.83 bits per heavy atom. The third-order valence-corrected chi connectivity index (χ3v) is 7.11. The number of hydrogen-bond acceptors (Lipinski definition) is 4. The molecule has 158 valence electrons. The van der Waals surface area contributed by atoms with E-state index in [1.807, 2.05) is 0 Å². The number of Topliss-reactive ketones (excluding diaryl/α,β-unsaturated/α-hetero) is 1. The van der Waals surface area contributed by atoms with E-state index in [1.165, 1.54) is 17.7 Å². The molecule has 1 aliphatic carbocycles. The molecule has 0 amide bonds. The summed E-state index contributed by atoms with van der Waals surface area (Å²) in [5, 5.41) is 3.87. The zero-order valence-electron chi connectivity index (χ0n) is 17.8. The van der Waals surface area contributed by atoms with Gasteiger partial charge in [-0.2, -0.15) is 0 Å². The van der Waals surface area contributed by atoms with E-state index in [9.17, 15) is 4.79 Å². The zero-order chi connectivity index (χ0) is 20.6. The lowest BCUT2D eigenvalue weighted by atomic mass is 9.87. The number of hydrogen-bond donors (Lipinski definition) is 1. The maximum atomic E-state index is 11.3. The molecule has 3 atom stereocenters. The Bertz CT molecular complexity index is 872. The van der Waals surface area contributed by atoms with E-state index >= 15 is 0 Å². The van der Waals surface area contributed by atoms with E-state index in [0.717, 1.165) is 44.5 Å². The van der Waals surface area contributed by atoms with Crippen molar-refractivity contribution < 1.29 is 9.53 Å². The molecule has 4 heteroatoms. The number of ether oxygens (including phenoxy) is 1. The van der Waals surface area contributed by atoms with Crippen LogP contribution in [0, 0.1) is 0 Å². The molecule has 3 aliphatic rings. The number of nitrogens with zero attached hydrogens (tertiary/aromatic N) is 1. The molecular formula is C26H32N2O2. The van der Waals surface area contributed by atoms with Crippen LogP contribution in [0.1, 0.15) is 49.7 Å². The Morgan fingerprint density at radius 3 is 2.53 bits per heavy atom. The minimum Gasteiger partial charge on any atom is -0.373 e. The first kappa shape index (κ1) is 19.8. The number of ketones is 1. The lowest BCUT2D eigenvalue weighted by Crippen LogP contribution is -2.45. The van der Waals surface area contributed by atoms with Gasteiger partial charge in [-0.15, -0.1) is 0 Å². The molecular weight excluding hydrogens is 372 g/mol. The van der Waals surface area contributed by atoms with Crippen LogP contribution in [0.2, 0.25) is 0 Å². The van der Waals surface area contributed by atoms with Gasteiger partial charge >= 0.3 is 0 Å². The average Bonchev–Trinajstić information content (AvgIpc) is 3.42. The van der Waals surface area contributed by atoms with Gasteiger partial charge in [0.15, 0.2) is 0 Å². The van der Waals surface area contributed by atoms with Crippen molar-refractivity contribution in [3.63, 3.8) is 0 Å². The molecule has 0 bridgehead atoms. The Morgan fingerprint density at radius 1 is 1.10 bits per heavy atom. The first-order valence-electron chi connectivity index (χ1n) is 11.4. The van der Waals surface area contributed by atoms with E-state index in [4.69, 9.17) is 4.74 Å². The van der Waals surface area contributed by atoms with Gasteiger partial charge < -0.3 is 15.0 Å². The van der Waals surface area contributed by atoms with Crippen molar-refractivity contribution in [1.82, 2.24) is 5.32 Å². The van der Waals surface area contributed by atoms with Crippen LogP contribution in [-0.2, 0) is 16.0 Å². The summed E-state index contributed by atoms with van der Waals surface area (Å²) < 4.78 is 6.38. The van der Waals surface area contributed by atoms with Gasteiger partial charge in [0, 0.05) is 43.2 Å². The van der Waals surface area contributed by atoms with E-state index in [-0.39, 0.29) is 11.4 Å². The van der Waals surface area contributed by atoms with Gasteiger partial charge in [0.25, 0.3) is 0 Å². The van der Waals surface area contributed by atoms with Gasteiger partial charge in [-0.3, -0.25) is 4.79 Å². The van der Waals surface area contributed by atoms with Gasteiger partial charge in [0.1, 0.15) is 5.78 Å². The molecule has 1 spiro atoms. The zero-order valence-corrected chi connectivity index (χ0v) is 17.8. The Hall–Kier alpha value is -2.17. The second kappa shape index (κ2) is 8.16. The highest BCUT2D eigenvalue weighted by atomic mass is 16.5. The first-order valence-corrected chi connectivity index (χ1v) is 11.4. The molecule has 2 aromatic carbocycles. The van der Waals surface area contributed by atoms with Crippen LogP contribution in [0.3, 0.4) is 0 Å². The summed E-state index contributed by atoms with van der Waals surface area (Å²) in [6.45, 7) is 4.56. The summed E-state index contributed by atoms with van der Waals surface area (Å²) in [4.78, 5) is 13.8. The summed E-state index contributed by atoms with van der Waals surface area (Å²) in [5.41, 5.74) is 3.88. The van der Waals surface area contributed by atoms with Crippen molar-refractivity contribution >= 4 is 11.5 Å². The molecule has 2 aliphatic heterocycles. The van der Waals surface area contributed by atoms with Crippen molar-refractivity contribution in [2.45, 2.75) is 62.6 Å². The second-order valence-corrected chi connectivity index (χ2v) is 9.45. The monoisotopic (exact) mass is 404 g/mol. The molecule has 2 aromatic rings. The van der Waals surface area contributed by atoms with Crippen LogP contribution < -0.4 is 10.2 Å². The van der Waals surface area contributed by atoms with Crippen molar-refractivity contribution in [3.8, 4) is 0 Å². The van der Waals surface area contributed by atoms with E-state index in [1.54, 1.807) is 6.92 Å². The van der Waals surface area contributed by atoms with Crippen LogP contribution in [0.5, 0.6) is 0 Å². The predicted molar refractivity (Wildman–Crippen MR) is 120 cm³/mol. The summed E-state index contributed by atoms with van der Waals surface area (Å²) in [5.74, 6) is 0.890. The highest BCUT2D eigenvalue weighted by Gasteiger charge is 2.46.